The number of nitrogen functional groups attached to an aromatic ring is 1. The summed E-state index contributed by atoms with van der Waals surface area (Å²) in [6.45, 7) is 4.96. The Balaban J connectivity index is 2.95. The number of hydrogen-bond donors (Lipinski definition) is 1. The second kappa shape index (κ2) is 6.02. The number of benzene rings is 1. The highest BCUT2D eigenvalue weighted by atomic mass is 32.2. The summed E-state index contributed by atoms with van der Waals surface area (Å²) in [4.78, 5) is 0.310. The molecule has 0 saturated carbocycles. The summed E-state index contributed by atoms with van der Waals surface area (Å²) < 4.78 is 26.0. The Labute approximate surface area is 103 Å². The van der Waals surface area contributed by atoms with Crippen molar-refractivity contribution in [2.45, 2.75) is 31.6 Å². The molecule has 1 aromatic rings. The fourth-order valence-electron chi connectivity index (χ4n) is 1.57. The Bertz CT molecular complexity index is 440. The molecule has 0 unspecified atom stereocenters. The van der Waals surface area contributed by atoms with Gasteiger partial charge in [-0.05, 0) is 30.7 Å². The van der Waals surface area contributed by atoms with Crippen molar-refractivity contribution >= 4 is 15.7 Å². The summed E-state index contributed by atoms with van der Waals surface area (Å²) in [5.41, 5.74) is 6.12. The van der Waals surface area contributed by atoms with Gasteiger partial charge < -0.3 is 5.73 Å². The van der Waals surface area contributed by atoms with Crippen LogP contribution in [0.5, 0.6) is 0 Å². The van der Waals surface area contributed by atoms with Crippen molar-refractivity contribution in [2.75, 3.05) is 18.8 Å². The van der Waals surface area contributed by atoms with Gasteiger partial charge in [0.2, 0.25) is 10.0 Å². The monoisotopic (exact) mass is 256 g/mol. The van der Waals surface area contributed by atoms with Crippen LogP contribution < -0.4 is 5.73 Å². The third-order valence-electron chi connectivity index (χ3n) is 2.63. The minimum absolute atomic E-state index is 0.310. The molecule has 0 fully saturated rings. The fraction of sp³-hybridized carbons (Fsp3) is 0.500. The van der Waals surface area contributed by atoms with Gasteiger partial charge in [0.05, 0.1) is 4.90 Å². The molecule has 1 rings (SSSR count). The van der Waals surface area contributed by atoms with Crippen molar-refractivity contribution in [1.82, 2.24) is 4.31 Å². The molecule has 2 N–H and O–H groups in total. The molecule has 0 aliphatic rings. The Morgan fingerprint density at radius 1 is 1.18 bits per heavy atom. The molecule has 0 spiro atoms. The van der Waals surface area contributed by atoms with E-state index in [1.54, 1.807) is 24.3 Å². The van der Waals surface area contributed by atoms with Gasteiger partial charge in [0.15, 0.2) is 0 Å². The molecule has 0 aliphatic heterocycles. The second-order valence-electron chi connectivity index (χ2n) is 3.92. The van der Waals surface area contributed by atoms with E-state index in [0.29, 0.717) is 23.7 Å². The summed E-state index contributed by atoms with van der Waals surface area (Å²) in [6.07, 6.45) is 1.86. The molecule has 0 heterocycles. The summed E-state index contributed by atoms with van der Waals surface area (Å²) in [6, 6.07) is 6.33. The molecule has 0 saturated heterocycles. The average Bonchev–Trinajstić information content (AvgIpc) is 2.30. The first kappa shape index (κ1) is 14.0. The van der Waals surface area contributed by atoms with Crippen LogP contribution in [0.15, 0.2) is 29.2 Å². The van der Waals surface area contributed by atoms with Crippen LogP contribution in [0.4, 0.5) is 5.69 Å². The quantitative estimate of drug-likeness (QED) is 0.793. The Kier molecular flexibility index (Phi) is 4.96. The first-order valence-corrected chi connectivity index (χ1v) is 7.32. The summed E-state index contributed by atoms with van der Waals surface area (Å²) in [5, 5.41) is 0. The lowest BCUT2D eigenvalue weighted by molar-refractivity contribution is 0.419. The lowest BCUT2D eigenvalue weighted by Crippen LogP contribution is -2.31. The van der Waals surface area contributed by atoms with E-state index < -0.39 is 10.0 Å². The van der Waals surface area contributed by atoms with E-state index in [2.05, 4.69) is 0 Å². The number of hydrogen-bond acceptors (Lipinski definition) is 3. The first-order valence-electron chi connectivity index (χ1n) is 5.88. The van der Waals surface area contributed by atoms with E-state index in [-0.39, 0.29) is 0 Å². The van der Waals surface area contributed by atoms with E-state index in [1.807, 2.05) is 13.8 Å². The lowest BCUT2D eigenvalue weighted by Gasteiger charge is -2.20. The molecule has 0 bridgehead atoms. The van der Waals surface area contributed by atoms with Crippen molar-refractivity contribution in [3.63, 3.8) is 0 Å². The average molecular weight is 256 g/mol. The highest BCUT2D eigenvalue weighted by Crippen LogP contribution is 2.17. The molecule has 17 heavy (non-hydrogen) atoms. The topological polar surface area (TPSA) is 63.4 Å². The zero-order chi connectivity index (χ0) is 12.9. The molecule has 0 amide bonds. The third-order valence-corrected chi connectivity index (χ3v) is 4.62. The molecule has 0 aromatic heterocycles. The van der Waals surface area contributed by atoms with E-state index in [9.17, 15) is 8.42 Å². The molecule has 4 nitrogen and oxygen atoms in total. The van der Waals surface area contributed by atoms with E-state index in [4.69, 9.17) is 5.73 Å². The van der Waals surface area contributed by atoms with Crippen LogP contribution in [0, 0.1) is 0 Å². The van der Waals surface area contributed by atoms with Gasteiger partial charge in [-0.3, -0.25) is 0 Å². The fourth-order valence-corrected chi connectivity index (χ4v) is 3.06. The van der Waals surface area contributed by atoms with Gasteiger partial charge in [-0.1, -0.05) is 20.3 Å². The molecule has 96 valence electrons. The van der Waals surface area contributed by atoms with Gasteiger partial charge in [0.1, 0.15) is 0 Å². The normalized spacial score (nSPS) is 11.9. The molecule has 0 radical (unpaired) electrons. The highest BCUT2D eigenvalue weighted by Gasteiger charge is 2.21. The van der Waals surface area contributed by atoms with Crippen LogP contribution in [0.3, 0.4) is 0 Å². The lowest BCUT2D eigenvalue weighted by atomic mass is 10.3. The Morgan fingerprint density at radius 3 is 2.24 bits per heavy atom. The molecular formula is C12H20N2O2S. The third kappa shape index (κ3) is 3.44. The summed E-state index contributed by atoms with van der Waals surface area (Å²) in [5.74, 6) is 0. The van der Waals surface area contributed by atoms with Crippen molar-refractivity contribution in [3.05, 3.63) is 24.3 Å². The maximum Gasteiger partial charge on any atom is 0.243 e. The standard InChI is InChI=1S/C12H20N2O2S/c1-3-5-10-14(4-2)17(15,16)12-8-6-11(13)7-9-12/h6-9H,3-5,10,13H2,1-2H3. The minimum atomic E-state index is -3.36. The summed E-state index contributed by atoms with van der Waals surface area (Å²) in [7, 11) is -3.36. The maximum absolute atomic E-state index is 12.3. The van der Waals surface area contributed by atoms with Crippen molar-refractivity contribution in [2.24, 2.45) is 0 Å². The van der Waals surface area contributed by atoms with Crippen LogP contribution in [0.1, 0.15) is 26.7 Å². The molecule has 0 aliphatic carbocycles. The van der Waals surface area contributed by atoms with Crippen molar-refractivity contribution < 1.29 is 8.42 Å². The number of nitrogens with two attached hydrogens (primary N) is 1. The van der Waals surface area contributed by atoms with Crippen molar-refractivity contribution in [3.8, 4) is 0 Å². The van der Waals surface area contributed by atoms with Crippen LogP contribution >= 0.6 is 0 Å². The van der Waals surface area contributed by atoms with Crippen LogP contribution in [0.2, 0.25) is 0 Å². The highest BCUT2D eigenvalue weighted by molar-refractivity contribution is 7.89. The van der Waals surface area contributed by atoms with Gasteiger partial charge in [0.25, 0.3) is 0 Å². The Hall–Kier alpha value is -1.07. The van der Waals surface area contributed by atoms with Gasteiger partial charge in [-0.2, -0.15) is 4.31 Å². The van der Waals surface area contributed by atoms with Crippen LogP contribution in [-0.2, 0) is 10.0 Å². The maximum atomic E-state index is 12.3. The minimum Gasteiger partial charge on any atom is -0.399 e. The largest absolute Gasteiger partial charge is 0.399 e. The first-order chi connectivity index (χ1) is 8.02. The predicted octanol–water partition coefficient (Wildman–Crippen LogP) is 2.08. The Morgan fingerprint density at radius 2 is 1.76 bits per heavy atom. The van der Waals surface area contributed by atoms with Gasteiger partial charge in [-0.15, -0.1) is 0 Å². The number of unbranched alkanes of at least 4 members (excludes halogenated alkanes) is 1. The van der Waals surface area contributed by atoms with E-state index >= 15 is 0 Å². The van der Waals surface area contributed by atoms with Crippen LogP contribution in [0.25, 0.3) is 0 Å². The van der Waals surface area contributed by atoms with Gasteiger partial charge >= 0.3 is 0 Å². The predicted molar refractivity (Wildman–Crippen MR) is 70.2 cm³/mol. The van der Waals surface area contributed by atoms with Crippen LogP contribution in [-0.4, -0.2) is 25.8 Å². The number of sulfonamides is 1. The number of anilines is 1. The van der Waals surface area contributed by atoms with E-state index in [1.165, 1.54) is 4.31 Å². The number of nitrogens with zero attached hydrogens (tertiary/aromatic N) is 1. The molecule has 0 atom stereocenters. The molecule has 5 heteroatoms. The molecule has 1 aromatic carbocycles. The number of rotatable bonds is 6. The van der Waals surface area contributed by atoms with Gasteiger partial charge in [-0.25, -0.2) is 8.42 Å². The van der Waals surface area contributed by atoms with Crippen molar-refractivity contribution in [1.29, 1.82) is 0 Å². The van der Waals surface area contributed by atoms with Gasteiger partial charge in [0, 0.05) is 18.8 Å². The summed E-state index contributed by atoms with van der Waals surface area (Å²) >= 11 is 0. The zero-order valence-corrected chi connectivity index (χ0v) is 11.2. The second-order valence-corrected chi connectivity index (χ2v) is 5.86. The SMILES string of the molecule is CCCCN(CC)S(=O)(=O)c1ccc(N)cc1. The zero-order valence-electron chi connectivity index (χ0n) is 10.4. The smallest absolute Gasteiger partial charge is 0.243 e. The van der Waals surface area contributed by atoms with E-state index in [0.717, 1.165) is 12.8 Å². The molecular weight excluding hydrogens is 236 g/mol.